The minimum absolute atomic E-state index is 0.00948. The van der Waals surface area contributed by atoms with Crippen LogP contribution in [0.15, 0.2) is 114 Å². The number of anilines is 1. The van der Waals surface area contributed by atoms with Gasteiger partial charge in [-0.3, -0.25) is 9.80 Å². The van der Waals surface area contributed by atoms with Crippen molar-refractivity contribution in [2.45, 2.75) is 30.7 Å². The van der Waals surface area contributed by atoms with Gasteiger partial charge in [-0.25, -0.2) is 0 Å². The van der Waals surface area contributed by atoms with Gasteiger partial charge in [0.2, 0.25) is 0 Å². The summed E-state index contributed by atoms with van der Waals surface area (Å²) in [6, 6.07) is 37.9. The Hall–Kier alpha value is -3.69. The Bertz CT molecular complexity index is 1390. The molecule has 0 bridgehead atoms. The van der Waals surface area contributed by atoms with Gasteiger partial charge in [0.15, 0.2) is 5.78 Å². The SMILES string of the molecule is CC(=O)C1=NN(c2ccc(Cl)cc2)[C@]2(C1)CC(c1ccccc1)(c1ccccc1)c1ccccc12. The van der Waals surface area contributed by atoms with Crippen molar-refractivity contribution >= 4 is 28.8 Å². The number of hydrazone groups is 1. The van der Waals surface area contributed by atoms with Crippen LogP contribution >= 0.6 is 11.6 Å². The van der Waals surface area contributed by atoms with E-state index < -0.39 is 5.54 Å². The Morgan fingerprint density at radius 1 is 0.771 bits per heavy atom. The van der Waals surface area contributed by atoms with E-state index in [4.69, 9.17) is 16.7 Å². The van der Waals surface area contributed by atoms with Crippen LogP contribution in [-0.2, 0) is 15.7 Å². The first-order chi connectivity index (χ1) is 17.0. The van der Waals surface area contributed by atoms with Crippen LogP contribution in [0.4, 0.5) is 5.69 Å². The van der Waals surface area contributed by atoms with Crippen molar-refractivity contribution in [3.63, 3.8) is 0 Å². The Morgan fingerprint density at radius 3 is 1.89 bits per heavy atom. The molecule has 1 aliphatic heterocycles. The molecule has 0 saturated carbocycles. The number of fused-ring (bicyclic) bond motifs is 2. The fourth-order valence-electron chi connectivity index (χ4n) is 6.05. The summed E-state index contributed by atoms with van der Waals surface area (Å²) in [5.74, 6) is 0.00948. The highest BCUT2D eigenvalue weighted by atomic mass is 35.5. The van der Waals surface area contributed by atoms with E-state index in [1.165, 1.54) is 22.3 Å². The number of nitrogens with zero attached hydrogens (tertiary/aromatic N) is 2. The first kappa shape index (κ1) is 21.8. The largest absolute Gasteiger partial charge is 0.293 e. The van der Waals surface area contributed by atoms with Gasteiger partial charge in [0.25, 0.3) is 0 Å². The highest BCUT2D eigenvalue weighted by Gasteiger charge is 2.59. The third-order valence-corrected chi connectivity index (χ3v) is 7.79. The second-order valence-corrected chi connectivity index (χ2v) is 9.90. The van der Waals surface area contributed by atoms with Gasteiger partial charge in [0.1, 0.15) is 5.71 Å². The van der Waals surface area contributed by atoms with Gasteiger partial charge in [-0.1, -0.05) is 96.5 Å². The summed E-state index contributed by atoms with van der Waals surface area (Å²) in [6.45, 7) is 1.61. The molecular formula is C31H25ClN2O. The molecule has 35 heavy (non-hydrogen) atoms. The summed E-state index contributed by atoms with van der Waals surface area (Å²) < 4.78 is 0. The molecule has 0 unspecified atom stereocenters. The van der Waals surface area contributed by atoms with Crippen molar-refractivity contribution < 1.29 is 4.79 Å². The predicted octanol–water partition coefficient (Wildman–Crippen LogP) is 7.13. The number of carbonyl (C=O) groups is 1. The number of carbonyl (C=O) groups excluding carboxylic acids is 1. The zero-order valence-electron chi connectivity index (χ0n) is 19.5. The van der Waals surface area contributed by atoms with E-state index in [0.29, 0.717) is 17.2 Å². The topological polar surface area (TPSA) is 32.7 Å². The van der Waals surface area contributed by atoms with Crippen LogP contribution < -0.4 is 5.01 Å². The fraction of sp³-hybridized carbons (Fsp3) is 0.161. The maximum Gasteiger partial charge on any atom is 0.175 e. The standard InChI is InChI=1S/C31H25ClN2O/c1-22(35)29-20-30(34(33-29)26-18-16-25(32)17-19-26)21-31(23-10-4-2-5-11-23,24-12-6-3-7-13-24)28-15-9-8-14-27(28)30/h2-19H,20-21H2,1H3/t30-/m1/s1. The van der Waals surface area contributed by atoms with Gasteiger partial charge in [0.05, 0.1) is 11.2 Å². The van der Waals surface area contributed by atoms with Crippen molar-refractivity contribution in [2.75, 3.05) is 5.01 Å². The third-order valence-electron chi connectivity index (χ3n) is 7.54. The summed E-state index contributed by atoms with van der Waals surface area (Å²) in [5.41, 5.74) is 5.59. The van der Waals surface area contributed by atoms with Crippen LogP contribution in [0.5, 0.6) is 0 Å². The molecule has 6 rings (SSSR count). The number of halogens is 1. The van der Waals surface area contributed by atoms with Crippen LogP contribution in [0.2, 0.25) is 5.02 Å². The van der Waals surface area contributed by atoms with Gasteiger partial charge < -0.3 is 0 Å². The van der Waals surface area contributed by atoms with Gasteiger partial charge in [0, 0.05) is 23.8 Å². The van der Waals surface area contributed by atoms with E-state index >= 15 is 0 Å². The molecule has 0 aromatic heterocycles. The van der Waals surface area contributed by atoms with E-state index in [0.717, 1.165) is 12.1 Å². The number of ketones is 1. The first-order valence-electron chi connectivity index (χ1n) is 11.9. The van der Waals surface area contributed by atoms with Gasteiger partial charge in [-0.15, -0.1) is 0 Å². The quantitative estimate of drug-likeness (QED) is 0.314. The first-order valence-corrected chi connectivity index (χ1v) is 12.3. The van der Waals surface area contributed by atoms with Gasteiger partial charge >= 0.3 is 0 Å². The molecule has 0 amide bonds. The Morgan fingerprint density at radius 2 is 1.31 bits per heavy atom. The van der Waals surface area contributed by atoms with Crippen LogP contribution in [-0.4, -0.2) is 11.5 Å². The summed E-state index contributed by atoms with van der Waals surface area (Å²) >= 11 is 6.23. The van der Waals surface area contributed by atoms with Crippen molar-refractivity contribution in [1.82, 2.24) is 0 Å². The molecular weight excluding hydrogens is 452 g/mol. The van der Waals surface area contributed by atoms with Gasteiger partial charge in [-0.05, 0) is 52.9 Å². The van der Waals surface area contributed by atoms with Crippen molar-refractivity contribution in [1.29, 1.82) is 0 Å². The minimum Gasteiger partial charge on any atom is -0.293 e. The molecule has 1 spiro atoms. The lowest BCUT2D eigenvalue weighted by atomic mass is 9.69. The van der Waals surface area contributed by atoms with Crippen molar-refractivity contribution in [2.24, 2.45) is 5.10 Å². The summed E-state index contributed by atoms with van der Waals surface area (Å²) in [6.07, 6.45) is 1.32. The fourth-order valence-corrected chi connectivity index (χ4v) is 6.18. The molecule has 3 nitrogen and oxygen atoms in total. The normalized spacial score (nSPS) is 20.1. The van der Waals surface area contributed by atoms with Crippen molar-refractivity contribution in [3.8, 4) is 0 Å². The summed E-state index contributed by atoms with van der Waals surface area (Å²) in [5, 5.41) is 7.68. The van der Waals surface area contributed by atoms with E-state index in [-0.39, 0.29) is 11.2 Å². The Kier molecular flexibility index (Phi) is 5.12. The van der Waals surface area contributed by atoms with Crippen LogP contribution in [0, 0.1) is 0 Å². The zero-order valence-corrected chi connectivity index (χ0v) is 20.2. The average Bonchev–Trinajstić information content (AvgIpc) is 3.43. The number of hydrogen-bond acceptors (Lipinski definition) is 3. The number of Topliss-reactive ketones (excluding diaryl/α,β-unsaturated/α-hetero) is 1. The van der Waals surface area contributed by atoms with E-state index in [2.05, 4.69) is 89.9 Å². The number of benzene rings is 4. The highest BCUT2D eigenvalue weighted by molar-refractivity contribution is 6.40. The molecule has 1 atom stereocenters. The summed E-state index contributed by atoms with van der Waals surface area (Å²) in [7, 11) is 0. The summed E-state index contributed by atoms with van der Waals surface area (Å²) in [4.78, 5) is 12.7. The molecule has 1 heterocycles. The van der Waals surface area contributed by atoms with E-state index in [1.54, 1.807) is 6.92 Å². The predicted molar refractivity (Wildman–Crippen MR) is 142 cm³/mol. The minimum atomic E-state index is -0.503. The molecule has 4 aromatic carbocycles. The van der Waals surface area contributed by atoms with Crippen molar-refractivity contribution in [3.05, 3.63) is 136 Å². The number of hydrogen-bond donors (Lipinski definition) is 0. The van der Waals surface area contributed by atoms with Crippen LogP contribution in [0.1, 0.15) is 42.0 Å². The second kappa shape index (κ2) is 8.21. The molecule has 4 heteroatoms. The second-order valence-electron chi connectivity index (χ2n) is 9.46. The maximum absolute atomic E-state index is 12.7. The zero-order chi connectivity index (χ0) is 24.0. The molecule has 0 saturated heterocycles. The lowest BCUT2D eigenvalue weighted by Crippen LogP contribution is -2.41. The van der Waals surface area contributed by atoms with Gasteiger partial charge in [-0.2, -0.15) is 5.10 Å². The maximum atomic E-state index is 12.7. The Balaban J connectivity index is 1.64. The average molecular weight is 477 g/mol. The van der Waals surface area contributed by atoms with Crippen LogP contribution in [0.3, 0.4) is 0 Å². The molecule has 4 aromatic rings. The molecule has 0 radical (unpaired) electrons. The third kappa shape index (κ3) is 3.26. The van der Waals surface area contributed by atoms with E-state index in [9.17, 15) is 4.79 Å². The highest BCUT2D eigenvalue weighted by Crippen LogP contribution is 2.61. The number of rotatable bonds is 4. The molecule has 2 aliphatic rings. The molecule has 1 aliphatic carbocycles. The smallest absolute Gasteiger partial charge is 0.175 e. The molecule has 172 valence electrons. The monoisotopic (exact) mass is 476 g/mol. The Labute approximate surface area is 210 Å². The lowest BCUT2D eigenvalue weighted by Gasteiger charge is -2.38. The lowest BCUT2D eigenvalue weighted by molar-refractivity contribution is -0.111. The van der Waals surface area contributed by atoms with Crippen LogP contribution in [0.25, 0.3) is 0 Å². The molecule has 0 N–H and O–H groups in total. The molecule has 0 fully saturated rings. The van der Waals surface area contributed by atoms with E-state index in [1.807, 2.05) is 24.3 Å².